The zero-order chi connectivity index (χ0) is 14.0. The van der Waals surface area contributed by atoms with Crippen LogP contribution >= 0.6 is 15.9 Å². The smallest absolute Gasteiger partial charge is 0.191 e. The third-order valence-corrected chi connectivity index (χ3v) is 8.83. The second kappa shape index (κ2) is 5.84. The molecule has 0 amide bonds. The van der Waals surface area contributed by atoms with Gasteiger partial charge in [0.15, 0.2) is 8.32 Å². The van der Waals surface area contributed by atoms with Crippen LogP contribution in [0.3, 0.4) is 0 Å². The van der Waals surface area contributed by atoms with Crippen LogP contribution in [0.1, 0.15) is 26.3 Å². The van der Waals surface area contributed by atoms with Crippen LogP contribution in [-0.2, 0) is 10.8 Å². The lowest BCUT2D eigenvalue weighted by Gasteiger charge is -2.36. The molecule has 18 heavy (non-hydrogen) atoms. The van der Waals surface area contributed by atoms with Gasteiger partial charge >= 0.3 is 0 Å². The highest BCUT2D eigenvalue weighted by molar-refractivity contribution is 9.10. The van der Waals surface area contributed by atoms with Crippen LogP contribution in [0.5, 0.6) is 0 Å². The van der Waals surface area contributed by atoms with Gasteiger partial charge in [0.2, 0.25) is 0 Å². The lowest BCUT2D eigenvalue weighted by Crippen LogP contribution is -2.41. The zero-order valence-electron chi connectivity index (χ0n) is 11.8. The second-order valence-corrected chi connectivity index (χ2v) is 11.8. The molecule has 1 aromatic rings. The molecule has 1 aromatic carbocycles. The molecule has 0 radical (unpaired) electrons. The molecular formula is C14H22BrFOSi. The van der Waals surface area contributed by atoms with Gasteiger partial charge in [0.05, 0.1) is 4.47 Å². The summed E-state index contributed by atoms with van der Waals surface area (Å²) in [5, 5.41) is 0.220. The lowest BCUT2D eigenvalue weighted by atomic mass is 10.2. The summed E-state index contributed by atoms with van der Waals surface area (Å²) in [6.07, 6.45) is 0.761. The average molecular weight is 333 g/mol. The Morgan fingerprint density at radius 1 is 1.28 bits per heavy atom. The summed E-state index contributed by atoms with van der Waals surface area (Å²) >= 11 is 3.16. The van der Waals surface area contributed by atoms with Crippen molar-refractivity contribution in [1.29, 1.82) is 0 Å². The van der Waals surface area contributed by atoms with Gasteiger partial charge in [0.25, 0.3) is 0 Å². The summed E-state index contributed by atoms with van der Waals surface area (Å²) in [5.41, 5.74) is 0.981. The quantitative estimate of drug-likeness (QED) is 0.692. The maximum absolute atomic E-state index is 13.4. The van der Waals surface area contributed by atoms with E-state index in [2.05, 4.69) is 49.8 Å². The fourth-order valence-electron chi connectivity index (χ4n) is 1.34. The number of halogens is 2. The molecule has 0 heterocycles. The van der Waals surface area contributed by atoms with E-state index < -0.39 is 8.32 Å². The van der Waals surface area contributed by atoms with E-state index in [1.807, 2.05) is 6.07 Å². The van der Waals surface area contributed by atoms with Crippen molar-refractivity contribution >= 4 is 24.2 Å². The standard InChI is InChI=1S/C14H22BrFOSi/c1-14(2,3)18(4,5)17-9-8-11-6-7-12(15)13(16)10-11/h6-7,10H,8-9H2,1-5H3. The highest BCUT2D eigenvalue weighted by Gasteiger charge is 2.36. The molecule has 0 fully saturated rings. The van der Waals surface area contributed by atoms with E-state index in [0.717, 1.165) is 12.0 Å². The monoisotopic (exact) mass is 332 g/mol. The molecule has 0 bridgehead atoms. The number of hydrogen-bond donors (Lipinski definition) is 0. The first-order valence-corrected chi connectivity index (χ1v) is 9.91. The van der Waals surface area contributed by atoms with Crippen LogP contribution in [0.25, 0.3) is 0 Å². The van der Waals surface area contributed by atoms with Gasteiger partial charge in [0.1, 0.15) is 5.82 Å². The third kappa shape index (κ3) is 4.18. The molecule has 0 atom stereocenters. The van der Waals surface area contributed by atoms with Gasteiger partial charge in [-0.25, -0.2) is 4.39 Å². The summed E-state index contributed by atoms with van der Waals surface area (Å²) in [6.45, 7) is 11.8. The molecule has 0 N–H and O–H groups in total. The minimum atomic E-state index is -1.69. The Hall–Kier alpha value is -0.193. The van der Waals surface area contributed by atoms with Crippen molar-refractivity contribution in [2.24, 2.45) is 0 Å². The predicted octanol–water partition coefficient (Wildman–Crippen LogP) is 5.15. The van der Waals surface area contributed by atoms with Crippen molar-refractivity contribution in [3.8, 4) is 0 Å². The van der Waals surface area contributed by atoms with Crippen molar-refractivity contribution in [3.63, 3.8) is 0 Å². The maximum Gasteiger partial charge on any atom is 0.191 e. The van der Waals surface area contributed by atoms with Gasteiger partial charge in [-0.15, -0.1) is 0 Å². The molecule has 1 rings (SSSR count). The normalized spacial score (nSPS) is 12.8. The van der Waals surface area contributed by atoms with Gasteiger partial charge in [-0.2, -0.15) is 0 Å². The molecule has 102 valence electrons. The zero-order valence-corrected chi connectivity index (χ0v) is 14.4. The molecule has 0 saturated heterocycles. The van der Waals surface area contributed by atoms with Gasteiger partial charge in [-0.3, -0.25) is 0 Å². The molecule has 1 nitrogen and oxygen atoms in total. The highest BCUT2D eigenvalue weighted by atomic mass is 79.9. The van der Waals surface area contributed by atoms with Crippen molar-refractivity contribution in [2.45, 2.75) is 45.3 Å². The largest absolute Gasteiger partial charge is 0.416 e. The fourth-order valence-corrected chi connectivity index (χ4v) is 2.63. The number of hydrogen-bond acceptors (Lipinski definition) is 1. The topological polar surface area (TPSA) is 9.23 Å². The molecule has 0 unspecified atom stereocenters. The third-order valence-electron chi connectivity index (χ3n) is 3.64. The maximum atomic E-state index is 13.4. The first-order valence-electron chi connectivity index (χ1n) is 6.21. The van der Waals surface area contributed by atoms with E-state index in [1.165, 1.54) is 0 Å². The Labute approximate surface area is 119 Å². The lowest BCUT2D eigenvalue weighted by molar-refractivity contribution is 0.292. The van der Waals surface area contributed by atoms with Crippen LogP contribution in [0.2, 0.25) is 18.1 Å². The minimum absolute atomic E-state index is 0.208. The molecule has 4 heteroatoms. The molecule has 0 aliphatic heterocycles. The minimum Gasteiger partial charge on any atom is -0.416 e. The van der Waals surface area contributed by atoms with Crippen LogP contribution in [-0.4, -0.2) is 14.9 Å². The Morgan fingerprint density at radius 3 is 2.39 bits per heavy atom. The Balaban J connectivity index is 2.54. The van der Waals surface area contributed by atoms with E-state index in [1.54, 1.807) is 12.1 Å². The van der Waals surface area contributed by atoms with Crippen molar-refractivity contribution in [2.75, 3.05) is 6.61 Å². The van der Waals surface area contributed by atoms with Gasteiger partial charge in [-0.1, -0.05) is 26.8 Å². The Kier molecular flexibility index (Phi) is 5.15. The Bertz CT molecular complexity index is 413. The molecule has 0 aliphatic rings. The van der Waals surface area contributed by atoms with E-state index in [4.69, 9.17) is 4.43 Å². The van der Waals surface area contributed by atoms with E-state index in [-0.39, 0.29) is 10.9 Å². The molecule has 0 spiro atoms. The molecule has 0 saturated carbocycles. The average Bonchev–Trinajstić information content (AvgIpc) is 2.21. The van der Waals surface area contributed by atoms with E-state index >= 15 is 0 Å². The second-order valence-electron chi connectivity index (χ2n) is 6.11. The Morgan fingerprint density at radius 2 is 1.89 bits per heavy atom. The van der Waals surface area contributed by atoms with Gasteiger partial charge < -0.3 is 4.43 Å². The van der Waals surface area contributed by atoms with Crippen molar-refractivity contribution < 1.29 is 8.82 Å². The first-order chi connectivity index (χ1) is 8.13. The molecule has 0 aromatic heterocycles. The van der Waals surface area contributed by atoms with Crippen LogP contribution in [0, 0.1) is 5.82 Å². The first kappa shape index (κ1) is 15.9. The summed E-state index contributed by atoms with van der Waals surface area (Å²) in [4.78, 5) is 0. The summed E-state index contributed by atoms with van der Waals surface area (Å²) in [5.74, 6) is -0.208. The van der Waals surface area contributed by atoms with Crippen LogP contribution in [0.15, 0.2) is 22.7 Å². The predicted molar refractivity (Wildman–Crippen MR) is 81.0 cm³/mol. The van der Waals surface area contributed by atoms with Crippen molar-refractivity contribution in [1.82, 2.24) is 0 Å². The molecular weight excluding hydrogens is 311 g/mol. The van der Waals surface area contributed by atoms with Crippen molar-refractivity contribution in [3.05, 3.63) is 34.1 Å². The van der Waals surface area contributed by atoms with Crippen LogP contribution < -0.4 is 0 Å². The van der Waals surface area contributed by atoms with E-state index in [9.17, 15) is 4.39 Å². The van der Waals surface area contributed by atoms with Gasteiger partial charge in [0, 0.05) is 6.61 Å². The van der Waals surface area contributed by atoms with E-state index in [0.29, 0.717) is 11.1 Å². The SMILES string of the molecule is CC(C)(C)[Si](C)(C)OCCc1ccc(Br)c(F)c1. The number of benzene rings is 1. The summed E-state index contributed by atoms with van der Waals surface area (Å²) in [7, 11) is -1.69. The highest BCUT2D eigenvalue weighted by Crippen LogP contribution is 2.36. The summed E-state index contributed by atoms with van der Waals surface area (Å²) < 4.78 is 19.9. The molecule has 0 aliphatic carbocycles. The van der Waals surface area contributed by atoms with Gasteiger partial charge in [-0.05, 0) is 58.2 Å². The fraction of sp³-hybridized carbons (Fsp3) is 0.571. The summed E-state index contributed by atoms with van der Waals surface area (Å²) in [6, 6.07) is 5.25. The van der Waals surface area contributed by atoms with Crippen LogP contribution in [0.4, 0.5) is 4.39 Å². The number of rotatable bonds is 4.